The van der Waals surface area contributed by atoms with E-state index in [1.807, 2.05) is 49.4 Å². The molecule has 5 nitrogen and oxygen atoms in total. The van der Waals surface area contributed by atoms with Crippen molar-refractivity contribution in [3.8, 4) is 5.75 Å². The Morgan fingerprint density at radius 2 is 1.89 bits per heavy atom. The zero-order valence-corrected chi connectivity index (χ0v) is 16.8. The van der Waals surface area contributed by atoms with E-state index >= 15 is 0 Å². The number of anilines is 1. The molecule has 28 heavy (non-hydrogen) atoms. The van der Waals surface area contributed by atoms with E-state index in [4.69, 9.17) is 4.74 Å². The number of ether oxygens (including phenoxy) is 1. The molecular weight excluding hydrogens is 352 g/mol. The lowest BCUT2D eigenvalue weighted by Gasteiger charge is -2.20. The molecule has 0 spiro atoms. The molecule has 1 atom stereocenters. The minimum Gasteiger partial charge on any atom is -0.494 e. The maximum Gasteiger partial charge on any atom is 0.254 e. The summed E-state index contributed by atoms with van der Waals surface area (Å²) in [4.78, 5) is 26.4. The second-order valence-electron chi connectivity index (χ2n) is 7.27. The van der Waals surface area contributed by atoms with Crippen LogP contribution in [0.25, 0.3) is 0 Å². The van der Waals surface area contributed by atoms with Crippen molar-refractivity contribution in [1.82, 2.24) is 5.32 Å². The number of aryl methyl sites for hydroxylation is 1. The molecular formula is C23H28N2O3. The third-order valence-electron chi connectivity index (χ3n) is 4.99. The highest BCUT2D eigenvalue weighted by Gasteiger charge is 2.38. The summed E-state index contributed by atoms with van der Waals surface area (Å²) in [5.41, 5.74) is 3.80. The van der Waals surface area contributed by atoms with E-state index in [-0.39, 0.29) is 11.8 Å². The van der Waals surface area contributed by atoms with Gasteiger partial charge in [0.25, 0.3) is 5.91 Å². The molecule has 2 aromatic carbocycles. The number of nitrogens with one attached hydrogen (secondary N) is 1. The normalized spacial score (nSPS) is 15.5. The number of carbonyl (C=O) groups is 2. The molecule has 2 amide bonds. The van der Waals surface area contributed by atoms with Crippen molar-refractivity contribution in [3.05, 3.63) is 59.2 Å². The first-order valence-corrected chi connectivity index (χ1v) is 9.91. The van der Waals surface area contributed by atoms with Gasteiger partial charge >= 0.3 is 0 Å². The molecule has 148 valence electrons. The van der Waals surface area contributed by atoms with Crippen molar-refractivity contribution in [3.63, 3.8) is 0 Å². The van der Waals surface area contributed by atoms with Crippen molar-refractivity contribution < 1.29 is 14.3 Å². The Balaban J connectivity index is 1.75. The number of unbranched alkanes of at least 4 members (excludes halogenated alkanes) is 2. The fraction of sp³-hybridized carbons (Fsp3) is 0.391. The highest BCUT2D eigenvalue weighted by molar-refractivity contribution is 6.06. The minimum absolute atomic E-state index is 0.0978. The van der Waals surface area contributed by atoms with Crippen LogP contribution in [0.1, 0.15) is 55.8 Å². The highest BCUT2D eigenvalue weighted by Crippen LogP contribution is 2.39. The van der Waals surface area contributed by atoms with Gasteiger partial charge in [0.1, 0.15) is 11.8 Å². The fourth-order valence-corrected chi connectivity index (χ4v) is 3.60. The fourth-order valence-electron chi connectivity index (χ4n) is 3.60. The molecule has 0 bridgehead atoms. The summed E-state index contributed by atoms with van der Waals surface area (Å²) in [6, 6.07) is 13.1. The maximum absolute atomic E-state index is 13.0. The molecule has 1 aliphatic heterocycles. The van der Waals surface area contributed by atoms with Gasteiger partial charge in [-0.05, 0) is 36.6 Å². The monoisotopic (exact) mass is 380 g/mol. The molecule has 1 heterocycles. The quantitative estimate of drug-likeness (QED) is 0.695. The van der Waals surface area contributed by atoms with Crippen molar-refractivity contribution >= 4 is 17.5 Å². The highest BCUT2D eigenvalue weighted by atomic mass is 16.5. The lowest BCUT2D eigenvalue weighted by atomic mass is 10.1. The number of para-hydroxylation sites is 1. The van der Waals surface area contributed by atoms with Gasteiger partial charge in [-0.1, -0.05) is 50.1 Å². The van der Waals surface area contributed by atoms with E-state index in [1.54, 1.807) is 4.90 Å². The molecule has 3 rings (SSSR count). The average molecular weight is 380 g/mol. The van der Waals surface area contributed by atoms with E-state index in [9.17, 15) is 9.59 Å². The topological polar surface area (TPSA) is 58.6 Å². The average Bonchev–Trinajstić information content (AvgIpc) is 2.93. The lowest BCUT2D eigenvalue weighted by molar-refractivity contribution is -0.126. The van der Waals surface area contributed by atoms with Crippen LogP contribution < -0.4 is 15.0 Å². The number of rotatable bonds is 8. The summed E-state index contributed by atoms with van der Waals surface area (Å²) < 4.78 is 5.76. The largest absolute Gasteiger partial charge is 0.494 e. The van der Waals surface area contributed by atoms with Crippen LogP contribution in [-0.2, 0) is 16.1 Å². The Hall–Kier alpha value is -2.82. The van der Waals surface area contributed by atoms with E-state index in [0.717, 1.165) is 41.2 Å². The van der Waals surface area contributed by atoms with Crippen molar-refractivity contribution in [1.29, 1.82) is 0 Å². The van der Waals surface area contributed by atoms with Crippen LogP contribution in [0.15, 0.2) is 42.5 Å². The first-order chi connectivity index (χ1) is 13.5. The second-order valence-corrected chi connectivity index (χ2v) is 7.27. The van der Waals surface area contributed by atoms with E-state index in [0.29, 0.717) is 6.54 Å². The zero-order chi connectivity index (χ0) is 20.1. The smallest absolute Gasteiger partial charge is 0.254 e. The first-order valence-electron chi connectivity index (χ1n) is 9.91. The predicted molar refractivity (Wildman–Crippen MR) is 110 cm³/mol. The Labute approximate surface area is 166 Å². The van der Waals surface area contributed by atoms with Crippen LogP contribution in [0.3, 0.4) is 0 Å². The van der Waals surface area contributed by atoms with Gasteiger partial charge in [0.15, 0.2) is 0 Å². The van der Waals surface area contributed by atoms with Gasteiger partial charge in [0.05, 0.1) is 18.8 Å². The predicted octanol–water partition coefficient (Wildman–Crippen LogP) is 4.29. The maximum atomic E-state index is 13.0. The summed E-state index contributed by atoms with van der Waals surface area (Å²) in [5, 5.41) is 2.78. The summed E-state index contributed by atoms with van der Waals surface area (Å²) in [5.74, 6) is 0.539. The van der Waals surface area contributed by atoms with Crippen LogP contribution in [0.5, 0.6) is 5.75 Å². The third-order valence-corrected chi connectivity index (χ3v) is 4.99. The molecule has 0 saturated carbocycles. The Bertz CT molecular complexity index is 845. The third kappa shape index (κ3) is 4.35. The number of hydrogen-bond acceptors (Lipinski definition) is 3. The molecule has 0 aliphatic carbocycles. The summed E-state index contributed by atoms with van der Waals surface area (Å²) in [6.45, 7) is 6.78. The molecule has 5 heteroatoms. The Morgan fingerprint density at radius 1 is 1.14 bits per heavy atom. The van der Waals surface area contributed by atoms with E-state index < -0.39 is 6.04 Å². The summed E-state index contributed by atoms with van der Waals surface area (Å²) in [7, 11) is 0. The Kier molecular flexibility index (Phi) is 6.34. The standard InChI is InChI=1S/C23H28N2O3/c1-4-5-6-14-28-19-12-10-18(11-13-19)15-25-22-16(2)8-7-9-20(22)21(23(25)27)24-17(3)26/h7-13,21H,4-6,14-15H2,1-3H3,(H,24,26)/t21-/m1/s1. The van der Waals surface area contributed by atoms with Crippen LogP contribution in [0, 0.1) is 6.92 Å². The van der Waals surface area contributed by atoms with Crippen LogP contribution in [0.4, 0.5) is 5.69 Å². The van der Waals surface area contributed by atoms with E-state index in [1.165, 1.54) is 19.8 Å². The van der Waals surface area contributed by atoms with E-state index in [2.05, 4.69) is 12.2 Å². The van der Waals surface area contributed by atoms with Crippen molar-refractivity contribution in [2.24, 2.45) is 0 Å². The van der Waals surface area contributed by atoms with Crippen molar-refractivity contribution in [2.75, 3.05) is 11.5 Å². The van der Waals surface area contributed by atoms with Crippen LogP contribution in [-0.4, -0.2) is 18.4 Å². The van der Waals surface area contributed by atoms with Gasteiger partial charge < -0.3 is 15.0 Å². The lowest BCUT2D eigenvalue weighted by Crippen LogP contribution is -2.36. The SMILES string of the molecule is CCCCCOc1ccc(CN2C(=O)[C@H](NC(C)=O)c3cccc(C)c32)cc1. The minimum atomic E-state index is -0.617. The molecule has 0 radical (unpaired) electrons. The summed E-state index contributed by atoms with van der Waals surface area (Å²) >= 11 is 0. The molecule has 1 N–H and O–H groups in total. The molecule has 0 saturated heterocycles. The zero-order valence-electron chi connectivity index (χ0n) is 16.8. The molecule has 0 unspecified atom stereocenters. The summed E-state index contributed by atoms with van der Waals surface area (Å²) in [6.07, 6.45) is 3.40. The number of carbonyl (C=O) groups excluding carboxylic acids is 2. The first kappa shape index (κ1) is 19.9. The van der Waals surface area contributed by atoms with Crippen molar-refractivity contribution in [2.45, 2.75) is 52.6 Å². The van der Waals surface area contributed by atoms with Gasteiger partial charge in [-0.15, -0.1) is 0 Å². The second kappa shape index (κ2) is 8.91. The van der Waals surface area contributed by atoms with Gasteiger partial charge in [-0.25, -0.2) is 0 Å². The molecule has 2 aromatic rings. The van der Waals surface area contributed by atoms with Gasteiger partial charge in [-0.3, -0.25) is 9.59 Å². The molecule has 0 aromatic heterocycles. The van der Waals surface area contributed by atoms with Gasteiger partial charge in [-0.2, -0.15) is 0 Å². The number of fused-ring (bicyclic) bond motifs is 1. The number of amides is 2. The molecule has 0 fully saturated rings. The Morgan fingerprint density at radius 3 is 2.57 bits per heavy atom. The number of nitrogens with zero attached hydrogens (tertiary/aromatic N) is 1. The molecule has 1 aliphatic rings. The van der Waals surface area contributed by atoms with Gasteiger partial charge in [0.2, 0.25) is 5.91 Å². The number of benzene rings is 2. The van der Waals surface area contributed by atoms with Gasteiger partial charge in [0, 0.05) is 12.5 Å². The van der Waals surface area contributed by atoms with Crippen LogP contribution >= 0.6 is 0 Å². The van der Waals surface area contributed by atoms with Crippen LogP contribution in [0.2, 0.25) is 0 Å². The number of hydrogen-bond donors (Lipinski definition) is 1.